The Balaban J connectivity index is 1.83. The Labute approximate surface area is 134 Å². The standard InChI is InChI=1S/C18H20FNO3/c1-12-4-3-5-15(8-12)23-11-14(21)10-20-18(22)16-9-13(2)6-7-17(16)19/h3-9,14,21H,10-11H2,1-2H3,(H,20,22). The number of aliphatic hydroxyl groups excluding tert-OH is 1. The van der Waals surface area contributed by atoms with Gasteiger partial charge < -0.3 is 15.2 Å². The number of aryl methyl sites for hydroxylation is 2. The number of halogens is 1. The van der Waals surface area contributed by atoms with Gasteiger partial charge >= 0.3 is 0 Å². The minimum Gasteiger partial charge on any atom is -0.491 e. The topological polar surface area (TPSA) is 58.6 Å². The molecule has 2 rings (SSSR count). The van der Waals surface area contributed by atoms with E-state index in [9.17, 15) is 14.3 Å². The average Bonchev–Trinajstić information content (AvgIpc) is 2.53. The molecule has 1 atom stereocenters. The Kier molecular flexibility index (Phi) is 5.71. The molecule has 0 heterocycles. The van der Waals surface area contributed by atoms with E-state index in [2.05, 4.69) is 5.32 Å². The van der Waals surface area contributed by atoms with E-state index in [-0.39, 0.29) is 18.7 Å². The molecule has 0 spiro atoms. The van der Waals surface area contributed by atoms with Crippen molar-refractivity contribution in [3.05, 3.63) is 65.0 Å². The van der Waals surface area contributed by atoms with Crippen molar-refractivity contribution in [3.8, 4) is 5.75 Å². The zero-order valence-electron chi connectivity index (χ0n) is 13.2. The van der Waals surface area contributed by atoms with Gasteiger partial charge in [0.2, 0.25) is 0 Å². The molecule has 0 bridgehead atoms. The van der Waals surface area contributed by atoms with Gasteiger partial charge in [-0.05, 0) is 43.7 Å². The molecule has 1 unspecified atom stereocenters. The fourth-order valence-corrected chi connectivity index (χ4v) is 2.08. The molecular weight excluding hydrogens is 297 g/mol. The van der Waals surface area contributed by atoms with Crippen molar-refractivity contribution in [3.63, 3.8) is 0 Å². The van der Waals surface area contributed by atoms with Crippen molar-refractivity contribution in [1.82, 2.24) is 5.32 Å². The SMILES string of the molecule is Cc1cccc(OCC(O)CNC(=O)c2cc(C)ccc2F)c1. The van der Waals surface area contributed by atoms with Crippen LogP contribution in [-0.4, -0.2) is 30.3 Å². The number of rotatable bonds is 6. The van der Waals surface area contributed by atoms with Crippen molar-refractivity contribution in [1.29, 1.82) is 0 Å². The Morgan fingerprint density at radius 2 is 1.96 bits per heavy atom. The molecule has 0 aliphatic carbocycles. The van der Waals surface area contributed by atoms with Gasteiger partial charge in [0.1, 0.15) is 24.3 Å². The molecule has 1 amide bonds. The van der Waals surface area contributed by atoms with Crippen molar-refractivity contribution in [2.75, 3.05) is 13.2 Å². The molecule has 0 saturated carbocycles. The summed E-state index contributed by atoms with van der Waals surface area (Å²) in [4.78, 5) is 11.9. The molecule has 4 nitrogen and oxygen atoms in total. The van der Waals surface area contributed by atoms with Gasteiger partial charge in [0.05, 0.1) is 5.56 Å². The Hall–Kier alpha value is -2.40. The first-order valence-electron chi connectivity index (χ1n) is 7.37. The van der Waals surface area contributed by atoms with Crippen LogP contribution in [-0.2, 0) is 0 Å². The maximum atomic E-state index is 13.6. The lowest BCUT2D eigenvalue weighted by Gasteiger charge is -2.14. The van der Waals surface area contributed by atoms with Gasteiger partial charge in [-0.2, -0.15) is 0 Å². The molecule has 2 N–H and O–H groups in total. The van der Waals surface area contributed by atoms with Crippen LogP contribution in [0.5, 0.6) is 5.75 Å². The Morgan fingerprint density at radius 1 is 1.22 bits per heavy atom. The number of carbonyl (C=O) groups excluding carboxylic acids is 1. The van der Waals surface area contributed by atoms with E-state index < -0.39 is 17.8 Å². The maximum Gasteiger partial charge on any atom is 0.254 e. The van der Waals surface area contributed by atoms with Crippen molar-refractivity contribution >= 4 is 5.91 Å². The van der Waals surface area contributed by atoms with Crippen molar-refractivity contribution < 1.29 is 19.0 Å². The molecule has 23 heavy (non-hydrogen) atoms. The molecule has 0 saturated heterocycles. The molecule has 122 valence electrons. The monoisotopic (exact) mass is 317 g/mol. The third-order valence-electron chi connectivity index (χ3n) is 3.30. The smallest absolute Gasteiger partial charge is 0.254 e. The summed E-state index contributed by atoms with van der Waals surface area (Å²) in [7, 11) is 0. The zero-order chi connectivity index (χ0) is 16.8. The van der Waals surface area contributed by atoms with E-state index in [0.29, 0.717) is 5.75 Å². The van der Waals surface area contributed by atoms with Gasteiger partial charge in [0.15, 0.2) is 0 Å². The third-order valence-corrected chi connectivity index (χ3v) is 3.30. The molecule has 5 heteroatoms. The predicted octanol–water partition coefficient (Wildman–Crippen LogP) is 2.61. The highest BCUT2D eigenvalue weighted by molar-refractivity contribution is 5.94. The summed E-state index contributed by atoms with van der Waals surface area (Å²) < 4.78 is 19.1. The van der Waals surface area contributed by atoms with Gasteiger partial charge in [-0.1, -0.05) is 23.8 Å². The van der Waals surface area contributed by atoms with Gasteiger partial charge in [0, 0.05) is 6.54 Å². The molecule has 0 aliphatic rings. The maximum absolute atomic E-state index is 13.6. The largest absolute Gasteiger partial charge is 0.491 e. The van der Waals surface area contributed by atoms with Crippen LogP contribution < -0.4 is 10.1 Å². The van der Waals surface area contributed by atoms with Crippen LogP contribution >= 0.6 is 0 Å². The number of carbonyl (C=O) groups is 1. The molecule has 2 aromatic rings. The molecule has 0 fully saturated rings. The number of aliphatic hydroxyl groups is 1. The third kappa shape index (κ3) is 5.07. The van der Waals surface area contributed by atoms with Crippen LogP contribution in [0.3, 0.4) is 0 Å². The van der Waals surface area contributed by atoms with Crippen LogP contribution in [0.4, 0.5) is 4.39 Å². The lowest BCUT2D eigenvalue weighted by Crippen LogP contribution is -2.35. The Morgan fingerprint density at radius 3 is 2.70 bits per heavy atom. The summed E-state index contributed by atoms with van der Waals surface area (Å²) in [5.41, 5.74) is 1.82. The highest BCUT2D eigenvalue weighted by atomic mass is 19.1. The number of amides is 1. The lowest BCUT2D eigenvalue weighted by molar-refractivity contribution is 0.0840. The minimum absolute atomic E-state index is 0.0158. The van der Waals surface area contributed by atoms with E-state index in [1.807, 2.05) is 25.1 Å². The number of hydrogen-bond donors (Lipinski definition) is 2. The first-order valence-corrected chi connectivity index (χ1v) is 7.37. The highest BCUT2D eigenvalue weighted by Gasteiger charge is 2.13. The van der Waals surface area contributed by atoms with Crippen LogP contribution in [0.2, 0.25) is 0 Å². The average molecular weight is 317 g/mol. The molecule has 0 aromatic heterocycles. The van der Waals surface area contributed by atoms with Gasteiger partial charge in [0.25, 0.3) is 5.91 Å². The van der Waals surface area contributed by atoms with E-state index in [1.54, 1.807) is 19.1 Å². The fourth-order valence-electron chi connectivity index (χ4n) is 2.08. The van der Waals surface area contributed by atoms with E-state index in [1.165, 1.54) is 12.1 Å². The zero-order valence-corrected chi connectivity index (χ0v) is 13.2. The quantitative estimate of drug-likeness (QED) is 0.861. The molecular formula is C18H20FNO3. The summed E-state index contributed by atoms with van der Waals surface area (Å²) in [6.45, 7) is 3.75. The van der Waals surface area contributed by atoms with Crippen LogP contribution in [0.15, 0.2) is 42.5 Å². The normalized spacial score (nSPS) is 11.8. The van der Waals surface area contributed by atoms with E-state index in [0.717, 1.165) is 11.1 Å². The van der Waals surface area contributed by atoms with Gasteiger partial charge in [-0.15, -0.1) is 0 Å². The Bertz CT molecular complexity index is 688. The summed E-state index contributed by atoms with van der Waals surface area (Å²) in [6.07, 6.45) is -0.882. The number of nitrogens with one attached hydrogen (secondary N) is 1. The second kappa shape index (κ2) is 7.74. The second-order valence-corrected chi connectivity index (χ2v) is 5.47. The number of benzene rings is 2. The molecule has 0 radical (unpaired) electrons. The summed E-state index contributed by atoms with van der Waals surface area (Å²) >= 11 is 0. The van der Waals surface area contributed by atoms with Crippen molar-refractivity contribution in [2.45, 2.75) is 20.0 Å². The van der Waals surface area contributed by atoms with Crippen LogP contribution in [0, 0.1) is 19.7 Å². The summed E-state index contributed by atoms with van der Waals surface area (Å²) in [5.74, 6) is -0.487. The minimum atomic E-state index is -0.882. The van der Waals surface area contributed by atoms with Crippen LogP contribution in [0.1, 0.15) is 21.5 Å². The van der Waals surface area contributed by atoms with Gasteiger partial charge in [-0.25, -0.2) is 4.39 Å². The fraction of sp³-hybridized carbons (Fsp3) is 0.278. The molecule has 2 aromatic carbocycles. The van der Waals surface area contributed by atoms with Gasteiger partial charge in [-0.3, -0.25) is 4.79 Å². The summed E-state index contributed by atoms with van der Waals surface area (Å²) in [6, 6.07) is 11.8. The van der Waals surface area contributed by atoms with Crippen molar-refractivity contribution in [2.24, 2.45) is 0 Å². The first-order chi connectivity index (χ1) is 11.0. The summed E-state index contributed by atoms with van der Waals surface area (Å²) in [5, 5.41) is 12.4. The predicted molar refractivity (Wildman–Crippen MR) is 86.2 cm³/mol. The van der Waals surface area contributed by atoms with Crippen LogP contribution in [0.25, 0.3) is 0 Å². The van der Waals surface area contributed by atoms with E-state index >= 15 is 0 Å². The second-order valence-electron chi connectivity index (χ2n) is 5.47. The number of hydrogen-bond acceptors (Lipinski definition) is 3. The molecule has 0 aliphatic heterocycles. The number of ether oxygens (including phenoxy) is 1. The first kappa shape index (κ1) is 17.0. The lowest BCUT2D eigenvalue weighted by atomic mass is 10.1. The highest BCUT2D eigenvalue weighted by Crippen LogP contribution is 2.12. The van der Waals surface area contributed by atoms with E-state index in [4.69, 9.17) is 4.74 Å².